The molecule has 1 atom stereocenters. The van der Waals surface area contributed by atoms with Crippen LogP contribution >= 0.6 is 35.0 Å². The van der Waals surface area contributed by atoms with Gasteiger partial charge in [0, 0.05) is 16.7 Å². The zero-order chi connectivity index (χ0) is 11.4. The fourth-order valence-corrected chi connectivity index (χ4v) is 2.59. The molecule has 0 aliphatic heterocycles. The highest BCUT2D eigenvalue weighted by Crippen LogP contribution is 2.32. The molecular weight excluding hydrogens is 249 g/mol. The molecule has 0 saturated heterocycles. The van der Waals surface area contributed by atoms with Gasteiger partial charge in [0.2, 0.25) is 0 Å². The maximum absolute atomic E-state index is 5.94. The van der Waals surface area contributed by atoms with Gasteiger partial charge in [-0.15, -0.1) is 11.8 Å². The van der Waals surface area contributed by atoms with Crippen molar-refractivity contribution in [2.75, 3.05) is 6.54 Å². The largest absolute Gasteiger partial charge is 0.329 e. The number of benzene rings is 1. The average Bonchev–Trinajstić information content (AvgIpc) is 2.19. The average molecular weight is 264 g/mol. The third kappa shape index (κ3) is 3.87. The van der Waals surface area contributed by atoms with Gasteiger partial charge in [-0.2, -0.15) is 0 Å². The first-order valence-corrected chi connectivity index (χ1v) is 6.50. The van der Waals surface area contributed by atoms with Crippen LogP contribution in [0.2, 0.25) is 10.0 Å². The van der Waals surface area contributed by atoms with Gasteiger partial charge in [-0.1, -0.05) is 37.0 Å². The Morgan fingerprint density at radius 3 is 2.40 bits per heavy atom. The van der Waals surface area contributed by atoms with Crippen LogP contribution in [-0.4, -0.2) is 11.8 Å². The van der Waals surface area contributed by atoms with E-state index in [0.29, 0.717) is 27.8 Å². The van der Waals surface area contributed by atoms with E-state index >= 15 is 0 Å². The van der Waals surface area contributed by atoms with Crippen LogP contribution in [0.5, 0.6) is 0 Å². The third-order valence-corrected chi connectivity index (χ3v) is 4.46. The van der Waals surface area contributed by atoms with Gasteiger partial charge in [-0.3, -0.25) is 0 Å². The molecule has 0 heterocycles. The van der Waals surface area contributed by atoms with Crippen LogP contribution < -0.4 is 5.73 Å². The lowest BCUT2D eigenvalue weighted by Crippen LogP contribution is -2.22. The summed E-state index contributed by atoms with van der Waals surface area (Å²) < 4.78 is 0. The monoisotopic (exact) mass is 263 g/mol. The molecule has 0 aromatic heterocycles. The molecule has 0 saturated carbocycles. The summed E-state index contributed by atoms with van der Waals surface area (Å²) in [6.07, 6.45) is 0. The first kappa shape index (κ1) is 13.2. The number of hydrogen-bond acceptors (Lipinski definition) is 2. The van der Waals surface area contributed by atoms with Crippen molar-refractivity contribution in [2.24, 2.45) is 11.7 Å². The van der Waals surface area contributed by atoms with Gasteiger partial charge in [0.1, 0.15) is 0 Å². The molecule has 84 valence electrons. The van der Waals surface area contributed by atoms with Crippen LogP contribution in [0, 0.1) is 5.92 Å². The van der Waals surface area contributed by atoms with E-state index in [1.165, 1.54) is 0 Å². The van der Waals surface area contributed by atoms with E-state index in [9.17, 15) is 0 Å². The van der Waals surface area contributed by atoms with Gasteiger partial charge in [0.05, 0.1) is 10.0 Å². The van der Waals surface area contributed by atoms with Crippen LogP contribution in [0.1, 0.15) is 13.8 Å². The molecule has 0 bridgehead atoms. The molecule has 15 heavy (non-hydrogen) atoms. The van der Waals surface area contributed by atoms with Crippen molar-refractivity contribution in [1.82, 2.24) is 0 Å². The number of nitrogens with two attached hydrogens (primary N) is 1. The van der Waals surface area contributed by atoms with Crippen molar-refractivity contribution >= 4 is 35.0 Å². The van der Waals surface area contributed by atoms with E-state index in [1.807, 2.05) is 18.2 Å². The van der Waals surface area contributed by atoms with Crippen molar-refractivity contribution in [1.29, 1.82) is 0 Å². The van der Waals surface area contributed by atoms with Crippen molar-refractivity contribution in [3.8, 4) is 0 Å². The molecule has 0 amide bonds. The topological polar surface area (TPSA) is 26.0 Å². The SMILES string of the molecule is CC(C)C(CN)Sc1ccc(Cl)c(Cl)c1. The molecule has 1 unspecified atom stereocenters. The van der Waals surface area contributed by atoms with E-state index in [2.05, 4.69) is 13.8 Å². The van der Waals surface area contributed by atoms with E-state index in [-0.39, 0.29) is 0 Å². The van der Waals surface area contributed by atoms with Gasteiger partial charge in [0.25, 0.3) is 0 Å². The van der Waals surface area contributed by atoms with Crippen LogP contribution in [-0.2, 0) is 0 Å². The van der Waals surface area contributed by atoms with Crippen molar-refractivity contribution in [2.45, 2.75) is 24.0 Å². The fourth-order valence-electron chi connectivity index (χ4n) is 1.18. The molecule has 0 aliphatic rings. The Labute approximate surface area is 105 Å². The fraction of sp³-hybridized carbons (Fsp3) is 0.455. The van der Waals surface area contributed by atoms with Gasteiger partial charge < -0.3 is 5.73 Å². The molecule has 1 aromatic rings. The predicted octanol–water partition coefficient (Wildman–Crippen LogP) is 4.07. The number of rotatable bonds is 4. The van der Waals surface area contributed by atoms with Crippen LogP contribution in [0.3, 0.4) is 0 Å². The van der Waals surface area contributed by atoms with Crippen molar-refractivity contribution < 1.29 is 0 Å². The molecular formula is C11H15Cl2NS. The molecule has 2 N–H and O–H groups in total. The standard InChI is InChI=1S/C11H15Cl2NS/c1-7(2)11(6-14)15-8-3-4-9(12)10(13)5-8/h3-5,7,11H,6,14H2,1-2H3. The number of hydrogen-bond donors (Lipinski definition) is 1. The van der Waals surface area contributed by atoms with Crippen LogP contribution in [0.15, 0.2) is 23.1 Å². The lowest BCUT2D eigenvalue weighted by atomic mass is 10.1. The van der Waals surface area contributed by atoms with E-state index in [0.717, 1.165) is 4.90 Å². The summed E-state index contributed by atoms with van der Waals surface area (Å²) in [6, 6.07) is 5.68. The third-order valence-electron chi connectivity index (χ3n) is 2.15. The molecule has 0 aliphatic carbocycles. The Hall–Kier alpha value is 0.110. The van der Waals surface area contributed by atoms with E-state index < -0.39 is 0 Å². The van der Waals surface area contributed by atoms with Crippen molar-refractivity contribution in [3.63, 3.8) is 0 Å². The lowest BCUT2D eigenvalue weighted by molar-refractivity contribution is 0.613. The van der Waals surface area contributed by atoms with Crippen LogP contribution in [0.25, 0.3) is 0 Å². The van der Waals surface area contributed by atoms with E-state index in [1.54, 1.807) is 11.8 Å². The summed E-state index contributed by atoms with van der Waals surface area (Å²) >= 11 is 13.5. The Morgan fingerprint density at radius 2 is 1.93 bits per heavy atom. The normalized spacial score (nSPS) is 13.2. The maximum Gasteiger partial charge on any atom is 0.0603 e. The van der Waals surface area contributed by atoms with E-state index in [4.69, 9.17) is 28.9 Å². The quantitative estimate of drug-likeness (QED) is 0.829. The Bertz CT molecular complexity index is 328. The molecule has 1 nitrogen and oxygen atoms in total. The minimum absolute atomic E-state index is 0.419. The summed E-state index contributed by atoms with van der Waals surface area (Å²) in [5.74, 6) is 0.550. The number of halogens is 2. The maximum atomic E-state index is 5.94. The van der Waals surface area contributed by atoms with Gasteiger partial charge in [0.15, 0.2) is 0 Å². The zero-order valence-electron chi connectivity index (χ0n) is 8.84. The molecule has 1 aromatic carbocycles. The summed E-state index contributed by atoms with van der Waals surface area (Å²) in [4.78, 5) is 1.12. The highest BCUT2D eigenvalue weighted by atomic mass is 35.5. The van der Waals surface area contributed by atoms with Gasteiger partial charge >= 0.3 is 0 Å². The van der Waals surface area contributed by atoms with Crippen LogP contribution in [0.4, 0.5) is 0 Å². The highest BCUT2D eigenvalue weighted by molar-refractivity contribution is 8.00. The van der Waals surface area contributed by atoms with Gasteiger partial charge in [-0.05, 0) is 24.1 Å². The Balaban J connectivity index is 2.75. The first-order valence-electron chi connectivity index (χ1n) is 4.86. The van der Waals surface area contributed by atoms with Gasteiger partial charge in [-0.25, -0.2) is 0 Å². The summed E-state index contributed by atoms with van der Waals surface area (Å²) in [6.45, 7) is 5.01. The molecule has 0 radical (unpaired) electrons. The first-order chi connectivity index (χ1) is 7.04. The molecule has 1 rings (SSSR count). The summed E-state index contributed by atoms with van der Waals surface area (Å²) in [5.41, 5.74) is 5.71. The second kappa shape index (κ2) is 6.00. The van der Waals surface area contributed by atoms with Crippen molar-refractivity contribution in [3.05, 3.63) is 28.2 Å². The summed E-state index contributed by atoms with van der Waals surface area (Å²) in [7, 11) is 0. The highest BCUT2D eigenvalue weighted by Gasteiger charge is 2.13. The molecule has 4 heteroatoms. The minimum atomic E-state index is 0.419. The second-order valence-electron chi connectivity index (χ2n) is 3.71. The summed E-state index contributed by atoms with van der Waals surface area (Å²) in [5, 5.41) is 1.61. The number of thioether (sulfide) groups is 1. The lowest BCUT2D eigenvalue weighted by Gasteiger charge is -2.18. The molecule has 0 fully saturated rings. The Morgan fingerprint density at radius 1 is 1.27 bits per heavy atom. The Kier molecular flexibility index (Phi) is 5.27. The molecule has 0 spiro atoms. The predicted molar refractivity (Wildman–Crippen MR) is 70.0 cm³/mol. The second-order valence-corrected chi connectivity index (χ2v) is 5.84. The smallest absolute Gasteiger partial charge is 0.0603 e. The zero-order valence-corrected chi connectivity index (χ0v) is 11.2. The minimum Gasteiger partial charge on any atom is -0.329 e.